The van der Waals surface area contributed by atoms with Gasteiger partial charge in [0.1, 0.15) is 11.5 Å². The molecule has 0 unspecified atom stereocenters. The highest BCUT2D eigenvalue weighted by atomic mass is 16.1. The highest BCUT2D eigenvalue weighted by molar-refractivity contribution is 5.91. The molecule has 5 N–H and O–H groups in total. The smallest absolute Gasteiger partial charge is 0.267 e. The zero-order chi connectivity index (χ0) is 13.8. The van der Waals surface area contributed by atoms with E-state index in [1.807, 2.05) is 19.3 Å². The van der Waals surface area contributed by atoms with Crippen LogP contribution >= 0.6 is 0 Å². The molecule has 7 nitrogen and oxygen atoms in total. The van der Waals surface area contributed by atoms with Gasteiger partial charge in [0, 0.05) is 26.2 Å². The summed E-state index contributed by atoms with van der Waals surface area (Å²) < 4.78 is 1.75. The van der Waals surface area contributed by atoms with Gasteiger partial charge in [0.15, 0.2) is 0 Å². The summed E-state index contributed by atoms with van der Waals surface area (Å²) in [6.45, 7) is 0.621. The average molecular weight is 260 g/mol. The third-order valence-corrected chi connectivity index (χ3v) is 2.62. The number of hydrogen-bond donors (Lipinski definition) is 3. The summed E-state index contributed by atoms with van der Waals surface area (Å²) in [6, 6.07) is 5.05. The predicted molar refractivity (Wildman–Crippen MR) is 72.6 cm³/mol. The van der Waals surface area contributed by atoms with Crippen LogP contribution in [0.5, 0.6) is 0 Å². The number of nitrogens with two attached hydrogens (primary N) is 2. The SMILES string of the molecule is Cn1ccc(CCNc2nc(C(N)=O)ccc2N)n1. The molecule has 0 aliphatic carbocycles. The highest BCUT2D eigenvalue weighted by Gasteiger charge is 2.07. The molecular weight excluding hydrogens is 244 g/mol. The van der Waals surface area contributed by atoms with Gasteiger partial charge in [-0.2, -0.15) is 5.10 Å². The Hall–Kier alpha value is -2.57. The fraction of sp³-hybridized carbons (Fsp3) is 0.250. The van der Waals surface area contributed by atoms with Crippen molar-refractivity contribution in [3.63, 3.8) is 0 Å². The topological polar surface area (TPSA) is 112 Å². The Balaban J connectivity index is 1.99. The molecular formula is C12H16N6O. The van der Waals surface area contributed by atoms with Gasteiger partial charge in [-0.15, -0.1) is 0 Å². The maximum atomic E-state index is 11.0. The van der Waals surface area contributed by atoms with E-state index in [0.717, 1.165) is 12.1 Å². The third kappa shape index (κ3) is 3.21. The van der Waals surface area contributed by atoms with E-state index in [1.165, 1.54) is 6.07 Å². The maximum Gasteiger partial charge on any atom is 0.267 e. The number of nitrogen functional groups attached to an aromatic ring is 1. The molecule has 0 saturated heterocycles. The van der Waals surface area contributed by atoms with Crippen molar-refractivity contribution < 1.29 is 4.79 Å². The normalized spacial score (nSPS) is 10.4. The molecule has 2 aromatic heterocycles. The maximum absolute atomic E-state index is 11.0. The Morgan fingerprint density at radius 3 is 2.84 bits per heavy atom. The third-order valence-electron chi connectivity index (χ3n) is 2.62. The summed E-state index contributed by atoms with van der Waals surface area (Å²) in [7, 11) is 1.87. The highest BCUT2D eigenvalue weighted by Crippen LogP contribution is 2.15. The summed E-state index contributed by atoms with van der Waals surface area (Å²) in [5, 5.41) is 7.33. The lowest BCUT2D eigenvalue weighted by atomic mass is 10.3. The number of hydrogen-bond acceptors (Lipinski definition) is 5. The molecule has 0 saturated carbocycles. The molecule has 1 amide bonds. The number of nitrogens with one attached hydrogen (secondary N) is 1. The number of aromatic nitrogens is 3. The van der Waals surface area contributed by atoms with E-state index < -0.39 is 5.91 Å². The number of aryl methyl sites for hydroxylation is 1. The van der Waals surface area contributed by atoms with Crippen molar-refractivity contribution in [3.8, 4) is 0 Å². The van der Waals surface area contributed by atoms with Crippen molar-refractivity contribution in [1.82, 2.24) is 14.8 Å². The number of primary amides is 1. The van der Waals surface area contributed by atoms with Crippen LogP contribution in [0.4, 0.5) is 11.5 Å². The van der Waals surface area contributed by atoms with E-state index >= 15 is 0 Å². The van der Waals surface area contributed by atoms with Gasteiger partial charge in [0.2, 0.25) is 0 Å². The van der Waals surface area contributed by atoms with Crippen molar-refractivity contribution in [2.75, 3.05) is 17.6 Å². The fourth-order valence-corrected chi connectivity index (χ4v) is 1.65. The van der Waals surface area contributed by atoms with Crippen LogP contribution < -0.4 is 16.8 Å². The summed E-state index contributed by atoms with van der Waals surface area (Å²) in [6.07, 6.45) is 2.62. The van der Waals surface area contributed by atoms with Crippen molar-refractivity contribution in [1.29, 1.82) is 0 Å². The predicted octanol–water partition coefficient (Wildman–Crippen LogP) is 0.151. The molecule has 0 aliphatic heterocycles. The monoisotopic (exact) mass is 260 g/mol. The first kappa shape index (κ1) is 12.9. The van der Waals surface area contributed by atoms with Crippen LogP contribution in [-0.4, -0.2) is 27.2 Å². The van der Waals surface area contributed by atoms with Crippen LogP contribution in [0.2, 0.25) is 0 Å². The van der Waals surface area contributed by atoms with Gasteiger partial charge in [0.05, 0.1) is 11.4 Å². The van der Waals surface area contributed by atoms with Crippen molar-refractivity contribution >= 4 is 17.4 Å². The largest absolute Gasteiger partial charge is 0.396 e. The molecule has 2 heterocycles. The summed E-state index contributed by atoms with van der Waals surface area (Å²) in [5.41, 5.74) is 12.6. The zero-order valence-corrected chi connectivity index (χ0v) is 10.6. The number of pyridine rings is 1. The van der Waals surface area contributed by atoms with Gasteiger partial charge >= 0.3 is 0 Å². The molecule has 0 aromatic carbocycles. The molecule has 0 radical (unpaired) electrons. The van der Waals surface area contributed by atoms with E-state index in [4.69, 9.17) is 11.5 Å². The van der Waals surface area contributed by atoms with E-state index in [0.29, 0.717) is 18.1 Å². The van der Waals surface area contributed by atoms with Crippen molar-refractivity contribution in [2.24, 2.45) is 12.8 Å². The van der Waals surface area contributed by atoms with Gasteiger partial charge in [-0.1, -0.05) is 0 Å². The first-order chi connectivity index (χ1) is 9.06. The minimum Gasteiger partial charge on any atom is -0.396 e. The van der Waals surface area contributed by atoms with Crippen molar-refractivity contribution in [3.05, 3.63) is 35.8 Å². The second-order valence-corrected chi connectivity index (χ2v) is 4.16. The van der Waals surface area contributed by atoms with Crippen molar-refractivity contribution in [2.45, 2.75) is 6.42 Å². The van der Waals surface area contributed by atoms with Gasteiger partial charge in [-0.05, 0) is 18.2 Å². The summed E-state index contributed by atoms with van der Waals surface area (Å²) in [5.74, 6) is -0.111. The Bertz CT molecular complexity index is 592. The molecule has 0 aliphatic rings. The van der Waals surface area contributed by atoms with Gasteiger partial charge in [0.25, 0.3) is 5.91 Å². The van der Waals surface area contributed by atoms with Gasteiger partial charge < -0.3 is 16.8 Å². The van der Waals surface area contributed by atoms with E-state index in [9.17, 15) is 4.79 Å². The van der Waals surface area contributed by atoms with Crippen LogP contribution in [0.3, 0.4) is 0 Å². The van der Waals surface area contributed by atoms with Crippen LogP contribution in [0.25, 0.3) is 0 Å². The number of amides is 1. The second kappa shape index (κ2) is 5.38. The Labute approximate surface area is 110 Å². The Kier molecular flexibility index (Phi) is 3.65. The first-order valence-corrected chi connectivity index (χ1v) is 5.85. The number of anilines is 2. The quantitative estimate of drug-likeness (QED) is 0.708. The second-order valence-electron chi connectivity index (χ2n) is 4.16. The van der Waals surface area contributed by atoms with Gasteiger partial charge in [-0.25, -0.2) is 4.98 Å². The lowest BCUT2D eigenvalue weighted by molar-refractivity contribution is 0.0996. The Morgan fingerprint density at radius 2 is 2.21 bits per heavy atom. The van der Waals surface area contributed by atoms with Crippen LogP contribution in [0, 0.1) is 0 Å². The minimum atomic E-state index is -0.576. The fourth-order valence-electron chi connectivity index (χ4n) is 1.65. The lowest BCUT2D eigenvalue weighted by Crippen LogP contribution is -2.16. The van der Waals surface area contributed by atoms with E-state index in [2.05, 4.69) is 15.4 Å². The zero-order valence-electron chi connectivity index (χ0n) is 10.6. The number of carbonyl (C=O) groups excluding carboxylic acids is 1. The molecule has 0 spiro atoms. The molecule has 0 fully saturated rings. The van der Waals surface area contributed by atoms with Crippen LogP contribution in [0.1, 0.15) is 16.2 Å². The molecule has 100 valence electrons. The lowest BCUT2D eigenvalue weighted by Gasteiger charge is -2.08. The molecule has 0 bridgehead atoms. The van der Waals surface area contributed by atoms with Crippen LogP contribution in [-0.2, 0) is 13.5 Å². The van der Waals surface area contributed by atoms with Crippen LogP contribution in [0.15, 0.2) is 24.4 Å². The molecule has 7 heteroatoms. The minimum absolute atomic E-state index is 0.189. The number of nitrogens with zero attached hydrogens (tertiary/aromatic N) is 3. The average Bonchev–Trinajstić information content (AvgIpc) is 2.77. The summed E-state index contributed by atoms with van der Waals surface area (Å²) >= 11 is 0. The molecule has 0 atom stereocenters. The van der Waals surface area contributed by atoms with E-state index in [-0.39, 0.29) is 5.69 Å². The Morgan fingerprint density at radius 1 is 1.42 bits per heavy atom. The van der Waals surface area contributed by atoms with Gasteiger partial charge in [-0.3, -0.25) is 9.48 Å². The first-order valence-electron chi connectivity index (χ1n) is 5.85. The standard InChI is InChI=1S/C12H16N6O/c1-18-7-5-8(17-18)4-6-15-12-9(13)2-3-10(16-12)11(14)19/h2-3,5,7H,4,6,13H2,1H3,(H2,14,19)(H,15,16). The van der Waals surface area contributed by atoms with E-state index in [1.54, 1.807) is 10.7 Å². The number of rotatable bonds is 5. The molecule has 19 heavy (non-hydrogen) atoms. The summed E-state index contributed by atoms with van der Waals surface area (Å²) in [4.78, 5) is 15.1. The molecule has 2 rings (SSSR count). The molecule has 2 aromatic rings. The number of carbonyl (C=O) groups is 1.